The summed E-state index contributed by atoms with van der Waals surface area (Å²) in [4.78, 5) is 12.0. The molecule has 1 aromatic carbocycles. The van der Waals surface area contributed by atoms with Gasteiger partial charge in [0.1, 0.15) is 11.6 Å². The molecule has 3 rings (SSSR count). The lowest BCUT2D eigenvalue weighted by Crippen LogP contribution is -2.26. The number of hydrogen-bond acceptors (Lipinski definition) is 2. The zero-order valence-electron chi connectivity index (χ0n) is 12.4. The minimum Gasteiger partial charge on any atom is -0.311 e. The van der Waals surface area contributed by atoms with E-state index in [1.807, 2.05) is 20.8 Å². The molecule has 2 heterocycles. The number of aryl methyl sites for hydroxylation is 1. The molecule has 2 aromatic rings. The highest BCUT2D eigenvalue weighted by Gasteiger charge is 2.33. The number of carbonyl (C=O) groups is 1. The Morgan fingerprint density at radius 2 is 2.10 bits per heavy atom. The van der Waals surface area contributed by atoms with Crippen LogP contribution in [0.2, 0.25) is 0 Å². The molecule has 0 aliphatic carbocycles. The Labute approximate surface area is 123 Å². The van der Waals surface area contributed by atoms with Crippen molar-refractivity contribution < 1.29 is 9.18 Å². The second-order valence-corrected chi connectivity index (χ2v) is 5.71. The van der Waals surface area contributed by atoms with E-state index in [9.17, 15) is 9.18 Å². The Balaban J connectivity index is 2.19. The molecule has 4 nitrogen and oxygen atoms in total. The van der Waals surface area contributed by atoms with Crippen LogP contribution in [-0.2, 0) is 4.79 Å². The van der Waals surface area contributed by atoms with E-state index in [-0.39, 0.29) is 30.1 Å². The number of amides is 1. The summed E-state index contributed by atoms with van der Waals surface area (Å²) in [5, 5.41) is 7.40. The third-order valence-corrected chi connectivity index (χ3v) is 3.90. The average molecular weight is 287 g/mol. The van der Waals surface area contributed by atoms with Gasteiger partial charge < -0.3 is 5.32 Å². The van der Waals surface area contributed by atoms with E-state index in [4.69, 9.17) is 0 Å². The minimum atomic E-state index is -0.278. The number of fused-ring (bicyclic) bond motifs is 1. The standard InChI is InChI=1S/C16H18FN3O/c1-9(2)20-16-15(10(3)19-20)12(8-14(21)18-16)11-6-4-5-7-13(11)17/h4-7,9,12H,8H2,1-3H3,(H,18,21). The molecule has 1 atom stereocenters. The quantitative estimate of drug-likeness (QED) is 0.920. The highest BCUT2D eigenvalue weighted by atomic mass is 19.1. The van der Waals surface area contributed by atoms with Crippen molar-refractivity contribution in [3.63, 3.8) is 0 Å². The van der Waals surface area contributed by atoms with Gasteiger partial charge in [0.25, 0.3) is 0 Å². The Morgan fingerprint density at radius 1 is 1.38 bits per heavy atom. The van der Waals surface area contributed by atoms with Crippen LogP contribution in [0.25, 0.3) is 0 Å². The van der Waals surface area contributed by atoms with Gasteiger partial charge in [0, 0.05) is 23.9 Å². The van der Waals surface area contributed by atoms with Crippen LogP contribution in [0.5, 0.6) is 0 Å². The zero-order valence-corrected chi connectivity index (χ0v) is 12.4. The van der Waals surface area contributed by atoms with Crippen molar-refractivity contribution in [3.8, 4) is 0 Å². The van der Waals surface area contributed by atoms with E-state index in [0.29, 0.717) is 11.4 Å². The van der Waals surface area contributed by atoms with Crippen LogP contribution in [0, 0.1) is 12.7 Å². The van der Waals surface area contributed by atoms with Crippen LogP contribution in [0.3, 0.4) is 0 Å². The average Bonchev–Trinajstić information content (AvgIpc) is 2.76. The number of nitrogens with zero attached hydrogens (tertiary/aromatic N) is 2. The van der Waals surface area contributed by atoms with Gasteiger partial charge >= 0.3 is 0 Å². The molecule has 1 N–H and O–H groups in total. The number of carbonyl (C=O) groups excluding carboxylic acids is 1. The Kier molecular flexibility index (Phi) is 3.27. The molecule has 0 fully saturated rings. The third-order valence-electron chi connectivity index (χ3n) is 3.90. The molecule has 5 heteroatoms. The van der Waals surface area contributed by atoms with Crippen molar-refractivity contribution in [3.05, 3.63) is 46.9 Å². The maximum Gasteiger partial charge on any atom is 0.226 e. The zero-order chi connectivity index (χ0) is 15.1. The van der Waals surface area contributed by atoms with Gasteiger partial charge in [-0.05, 0) is 32.4 Å². The first kappa shape index (κ1) is 13.8. The van der Waals surface area contributed by atoms with Gasteiger partial charge in [-0.2, -0.15) is 5.10 Å². The molecule has 1 unspecified atom stereocenters. The predicted molar refractivity (Wildman–Crippen MR) is 78.8 cm³/mol. The van der Waals surface area contributed by atoms with Crippen LogP contribution in [0.1, 0.15) is 49.0 Å². The molecule has 21 heavy (non-hydrogen) atoms. The normalized spacial score (nSPS) is 17.8. The number of halogens is 1. The lowest BCUT2D eigenvalue weighted by molar-refractivity contribution is -0.116. The van der Waals surface area contributed by atoms with Gasteiger partial charge in [-0.3, -0.25) is 4.79 Å². The molecule has 0 saturated carbocycles. The molecule has 0 bridgehead atoms. The topological polar surface area (TPSA) is 46.9 Å². The summed E-state index contributed by atoms with van der Waals surface area (Å²) >= 11 is 0. The van der Waals surface area contributed by atoms with Crippen molar-refractivity contribution in [2.24, 2.45) is 0 Å². The molecule has 110 valence electrons. The highest BCUT2D eigenvalue weighted by molar-refractivity contribution is 5.94. The number of benzene rings is 1. The number of rotatable bonds is 2. The summed E-state index contributed by atoms with van der Waals surface area (Å²) in [6.07, 6.45) is 0.249. The largest absolute Gasteiger partial charge is 0.311 e. The van der Waals surface area contributed by atoms with Crippen LogP contribution in [0.15, 0.2) is 24.3 Å². The molecule has 1 aliphatic heterocycles. The molecule has 0 saturated heterocycles. The smallest absolute Gasteiger partial charge is 0.226 e. The van der Waals surface area contributed by atoms with E-state index in [1.165, 1.54) is 6.07 Å². The fourth-order valence-electron chi connectivity index (χ4n) is 2.97. The molecular weight excluding hydrogens is 269 g/mol. The number of anilines is 1. The first-order valence-corrected chi connectivity index (χ1v) is 7.12. The lowest BCUT2D eigenvalue weighted by Gasteiger charge is -2.25. The van der Waals surface area contributed by atoms with Crippen molar-refractivity contribution in [1.82, 2.24) is 9.78 Å². The second-order valence-electron chi connectivity index (χ2n) is 5.71. The first-order valence-electron chi connectivity index (χ1n) is 7.12. The van der Waals surface area contributed by atoms with Crippen LogP contribution >= 0.6 is 0 Å². The highest BCUT2D eigenvalue weighted by Crippen LogP contribution is 2.40. The summed E-state index contributed by atoms with van der Waals surface area (Å²) in [5.74, 6) is 0.0480. The molecular formula is C16H18FN3O. The van der Waals surface area contributed by atoms with Gasteiger partial charge in [-0.1, -0.05) is 18.2 Å². The summed E-state index contributed by atoms with van der Waals surface area (Å²) in [7, 11) is 0. The Hall–Kier alpha value is -2.17. The van der Waals surface area contributed by atoms with Crippen molar-refractivity contribution in [1.29, 1.82) is 0 Å². The maximum atomic E-state index is 14.1. The summed E-state index contributed by atoms with van der Waals surface area (Å²) < 4.78 is 15.9. The van der Waals surface area contributed by atoms with E-state index in [0.717, 1.165) is 11.3 Å². The number of hydrogen-bond donors (Lipinski definition) is 1. The summed E-state index contributed by atoms with van der Waals surface area (Å²) in [5.41, 5.74) is 2.32. The lowest BCUT2D eigenvalue weighted by atomic mass is 9.85. The van der Waals surface area contributed by atoms with Gasteiger partial charge in [-0.15, -0.1) is 0 Å². The van der Waals surface area contributed by atoms with Crippen LogP contribution in [0.4, 0.5) is 10.2 Å². The summed E-state index contributed by atoms with van der Waals surface area (Å²) in [6, 6.07) is 6.77. The molecule has 1 amide bonds. The van der Waals surface area contributed by atoms with Gasteiger partial charge in [0.05, 0.1) is 5.69 Å². The van der Waals surface area contributed by atoms with Gasteiger partial charge in [-0.25, -0.2) is 9.07 Å². The van der Waals surface area contributed by atoms with Crippen LogP contribution in [-0.4, -0.2) is 15.7 Å². The fraction of sp³-hybridized carbons (Fsp3) is 0.375. The molecule has 1 aromatic heterocycles. The van der Waals surface area contributed by atoms with Gasteiger partial charge in [0.2, 0.25) is 5.91 Å². The maximum absolute atomic E-state index is 14.1. The van der Waals surface area contributed by atoms with Gasteiger partial charge in [0.15, 0.2) is 0 Å². The SMILES string of the molecule is Cc1nn(C(C)C)c2c1C(c1ccccc1F)CC(=O)N2. The third kappa shape index (κ3) is 2.22. The Bertz CT molecular complexity index is 706. The van der Waals surface area contributed by atoms with Crippen LogP contribution < -0.4 is 5.32 Å². The Morgan fingerprint density at radius 3 is 2.76 bits per heavy atom. The van der Waals surface area contributed by atoms with E-state index in [2.05, 4.69) is 10.4 Å². The number of aromatic nitrogens is 2. The van der Waals surface area contributed by atoms with Crippen molar-refractivity contribution in [2.45, 2.75) is 39.2 Å². The molecule has 0 spiro atoms. The predicted octanol–water partition coefficient (Wildman–Crippen LogP) is 3.39. The van der Waals surface area contributed by atoms with E-state index < -0.39 is 0 Å². The van der Waals surface area contributed by atoms with Crippen molar-refractivity contribution >= 4 is 11.7 Å². The minimum absolute atomic E-state index is 0.0995. The monoisotopic (exact) mass is 287 g/mol. The first-order chi connectivity index (χ1) is 9.99. The second kappa shape index (κ2) is 4.98. The fourth-order valence-corrected chi connectivity index (χ4v) is 2.97. The summed E-state index contributed by atoms with van der Waals surface area (Å²) in [6.45, 7) is 5.92. The molecule has 1 aliphatic rings. The van der Waals surface area contributed by atoms with Crippen molar-refractivity contribution in [2.75, 3.05) is 5.32 Å². The number of nitrogens with one attached hydrogen (secondary N) is 1. The van der Waals surface area contributed by atoms with E-state index >= 15 is 0 Å². The molecule has 0 radical (unpaired) electrons. The van der Waals surface area contributed by atoms with E-state index in [1.54, 1.807) is 22.9 Å².